The van der Waals surface area contributed by atoms with Crippen molar-refractivity contribution in [2.75, 3.05) is 6.61 Å². The number of carbonyl (C=O) groups excluding carboxylic acids is 1. The first kappa shape index (κ1) is 12.2. The van der Waals surface area contributed by atoms with Crippen molar-refractivity contribution in [3.8, 4) is 0 Å². The number of ether oxygens (including phenoxy) is 1. The number of hydrogen-bond acceptors (Lipinski definition) is 3. The third-order valence-corrected chi connectivity index (χ3v) is 3.54. The highest BCUT2D eigenvalue weighted by molar-refractivity contribution is 5.80. The summed E-state index contributed by atoms with van der Waals surface area (Å²) < 4.78 is 5.19. The molecule has 1 aliphatic rings. The predicted molar refractivity (Wildman–Crippen MR) is 73.8 cm³/mol. The lowest BCUT2D eigenvalue weighted by Gasteiger charge is -2.03. The first-order chi connectivity index (χ1) is 9.29. The number of esters is 1. The van der Waals surface area contributed by atoms with Gasteiger partial charge in [-0.1, -0.05) is 31.2 Å². The molecule has 0 bridgehead atoms. The molecule has 0 radical (unpaired) electrons. The van der Waals surface area contributed by atoms with Crippen LogP contribution >= 0.6 is 0 Å². The zero-order valence-electron chi connectivity index (χ0n) is 11.0. The van der Waals surface area contributed by atoms with Gasteiger partial charge in [0.15, 0.2) is 0 Å². The molecule has 1 aromatic carbocycles. The number of hydrogen-bond donors (Lipinski definition) is 0. The Balaban J connectivity index is 1.74. The summed E-state index contributed by atoms with van der Waals surface area (Å²) in [4.78, 5) is 16.4. The molecule has 1 saturated carbocycles. The molecule has 0 spiro atoms. The van der Waals surface area contributed by atoms with Crippen LogP contribution in [-0.2, 0) is 9.53 Å². The van der Waals surface area contributed by atoms with Gasteiger partial charge in [-0.2, -0.15) is 0 Å². The molecule has 98 valence electrons. The number of rotatable bonds is 4. The Hall–Kier alpha value is -1.90. The molecule has 1 aromatic heterocycles. The monoisotopic (exact) mass is 255 g/mol. The minimum Gasteiger partial charge on any atom is -0.465 e. The molecule has 3 rings (SSSR count). The van der Waals surface area contributed by atoms with Crippen LogP contribution in [-0.4, -0.2) is 17.6 Å². The molecule has 1 fully saturated rings. The Morgan fingerprint density at radius 3 is 3.00 bits per heavy atom. The Kier molecular flexibility index (Phi) is 3.20. The summed E-state index contributed by atoms with van der Waals surface area (Å²) in [5.41, 5.74) is 2.00. The van der Waals surface area contributed by atoms with Crippen molar-refractivity contribution in [3.63, 3.8) is 0 Å². The van der Waals surface area contributed by atoms with Crippen molar-refractivity contribution in [3.05, 3.63) is 42.1 Å². The van der Waals surface area contributed by atoms with E-state index in [1.807, 2.05) is 37.3 Å². The van der Waals surface area contributed by atoms with Gasteiger partial charge in [0, 0.05) is 17.0 Å². The molecule has 3 nitrogen and oxygen atoms in total. The van der Waals surface area contributed by atoms with Gasteiger partial charge in [0.25, 0.3) is 0 Å². The minimum atomic E-state index is -0.0678. The van der Waals surface area contributed by atoms with Crippen molar-refractivity contribution < 1.29 is 9.53 Å². The molecule has 0 amide bonds. The van der Waals surface area contributed by atoms with E-state index in [2.05, 4.69) is 11.1 Å². The van der Waals surface area contributed by atoms with Crippen molar-refractivity contribution in [1.82, 2.24) is 4.98 Å². The Morgan fingerprint density at radius 2 is 2.16 bits per heavy atom. The predicted octanol–water partition coefficient (Wildman–Crippen LogP) is 3.29. The standard InChI is InChI=1S/C16H17NO2/c1-2-9-19-16(18)13-10-12(13)15-8-7-11-5-3-4-6-14(11)17-15/h3-8,12-13H,2,9-10H2,1H3. The van der Waals surface area contributed by atoms with Crippen LogP contribution in [0.15, 0.2) is 36.4 Å². The van der Waals surface area contributed by atoms with Gasteiger partial charge in [-0.3, -0.25) is 9.78 Å². The van der Waals surface area contributed by atoms with Gasteiger partial charge in [-0.05, 0) is 25.0 Å². The maximum atomic E-state index is 11.8. The third-order valence-electron chi connectivity index (χ3n) is 3.54. The summed E-state index contributed by atoms with van der Waals surface area (Å²) in [5.74, 6) is 0.191. The molecule has 2 unspecified atom stereocenters. The number of pyridine rings is 1. The molecule has 19 heavy (non-hydrogen) atoms. The van der Waals surface area contributed by atoms with Gasteiger partial charge >= 0.3 is 5.97 Å². The molecule has 0 aliphatic heterocycles. The molecule has 0 N–H and O–H groups in total. The number of aromatic nitrogens is 1. The zero-order valence-corrected chi connectivity index (χ0v) is 11.0. The zero-order chi connectivity index (χ0) is 13.2. The molecular formula is C16H17NO2. The molecule has 1 heterocycles. The van der Waals surface area contributed by atoms with Crippen LogP contribution in [0.1, 0.15) is 31.4 Å². The highest BCUT2D eigenvalue weighted by Crippen LogP contribution is 2.47. The summed E-state index contributed by atoms with van der Waals surface area (Å²) in [6.07, 6.45) is 1.74. The highest BCUT2D eigenvalue weighted by Gasteiger charge is 2.46. The second kappa shape index (κ2) is 5.00. The Morgan fingerprint density at radius 1 is 1.32 bits per heavy atom. The lowest BCUT2D eigenvalue weighted by Crippen LogP contribution is -2.08. The van der Waals surface area contributed by atoms with E-state index in [0.29, 0.717) is 6.61 Å². The van der Waals surface area contributed by atoms with Gasteiger partial charge in [0.05, 0.1) is 18.0 Å². The number of fused-ring (bicyclic) bond motifs is 1. The molecule has 0 saturated heterocycles. The first-order valence-electron chi connectivity index (χ1n) is 6.82. The van der Waals surface area contributed by atoms with E-state index in [1.54, 1.807) is 0 Å². The van der Waals surface area contributed by atoms with Gasteiger partial charge in [-0.25, -0.2) is 0 Å². The molecular weight excluding hydrogens is 238 g/mol. The number of carbonyl (C=O) groups is 1. The van der Waals surface area contributed by atoms with Crippen molar-refractivity contribution in [2.24, 2.45) is 5.92 Å². The van der Waals surface area contributed by atoms with Gasteiger partial charge in [0.2, 0.25) is 0 Å². The SMILES string of the molecule is CCCOC(=O)C1CC1c1ccc2ccccc2n1. The Labute approximate surface area is 112 Å². The molecule has 3 heteroatoms. The number of benzene rings is 1. The van der Waals surface area contributed by atoms with Crippen LogP contribution in [0.5, 0.6) is 0 Å². The Bertz CT molecular complexity index is 608. The lowest BCUT2D eigenvalue weighted by atomic mass is 10.1. The van der Waals surface area contributed by atoms with Crippen LogP contribution in [0.2, 0.25) is 0 Å². The van der Waals surface area contributed by atoms with Crippen LogP contribution < -0.4 is 0 Å². The number of para-hydroxylation sites is 1. The van der Waals surface area contributed by atoms with Crippen LogP contribution in [0.4, 0.5) is 0 Å². The first-order valence-corrected chi connectivity index (χ1v) is 6.82. The second-order valence-corrected chi connectivity index (χ2v) is 5.05. The van der Waals surface area contributed by atoms with Gasteiger partial charge in [-0.15, -0.1) is 0 Å². The van der Waals surface area contributed by atoms with Crippen molar-refractivity contribution >= 4 is 16.9 Å². The molecule has 2 aromatic rings. The fourth-order valence-electron chi connectivity index (χ4n) is 2.38. The minimum absolute atomic E-state index is 0.0141. The summed E-state index contributed by atoms with van der Waals surface area (Å²) in [6, 6.07) is 12.1. The normalized spacial score (nSPS) is 21.3. The summed E-state index contributed by atoms with van der Waals surface area (Å²) in [6.45, 7) is 2.52. The van der Waals surface area contributed by atoms with E-state index in [1.165, 1.54) is 0 Å². The van der Waals surface area contributed by atoms with E-state index in [9.17, 15) is 4.79 Å². The van der Waals surface area contributed by atoms with Crippen LogP contribution in [0.25, 0.3) is 10.9 Å². The van der Waals surface area contributed by atoms with Crippen molar-refractivity contribution in [1.29, 1.82) is 0 Å². The smallest absolute Gasteiger partial charge is 0.309 e. The average molecular weight is 255 g/mol. The lowest BCUT2D eigenvalue weighted by molar-refractivity contribution is -0.145. The fraction of sp³-hybridized carbons (Fsp3) is 0.375. The van der Waals surface area contributed by atoms with E-state index < -0.39 is 0 Å². The van der Waals surface area contributed by atoms with Crippen molar-refractivity contribution in [2.45, 2.75) is 25.7 Å². The van der Waals surface area contributed by atoms with Gasteiger partial charge in [0.1, 0.15) is 0 Å². The van der Waals surface area contributed by atoms with Crippen LogP contribution in [0.3, 0.4) is 0 Å². The number of nitrogens with zero attached hydrogens (tertiary/aromatic N) is 1. The molecule has 1 aliphatic carbocycles. The second-order valence-electron chi connectivity index (χ2n) is 5.05. The third kappa shape index (κ3) is 2.46. The summed E-state index contributed by atoms with van der Waals surface area (Å²) >= 11 is 0. The highest BCUT2D eigenvalue weighted by atomic mass is 16.5. The summed E-state index contributed by atoms with van der Waals surface area (Å²) in [5, 5.41) is 1.14. The molecule has 2 atom stereocenters. The van der Waals surface area contributed by atoms with E-state index in [0.717, 1.165) is 29.4 Å². The fourth-order valence-corrected chi connectivity index (χ4v) is 2.38. The van der Waals surface area contributed by atoms with Gasteiger partial charge < -0.3 is 4.74 Å². The van der Waals surface area contributed by atoms with E-state index in [4.69, 9.17) is 4.74 Å². The maximum Gasteiger partial charge on any atom is 0.309 e. The summed E-state index contributed by atoms with van der Waals surface area (Å²) in [7, 11) is 0. The quantitative estimate of drug-likeness (QED) is 0.787. The maximum absolute atomic E-state index is 11.8. The van der Waals surface area contributed by atoms with Crippen LogP contribution in [0, 0.1) is 5.92 Å². The van der Waals surface area contributed by atoms with E-state index >= 15 is 0 Å². The topological polar surface area (TPSA) is 39.2 Å². The van der Waals surface area contributed by atoms with E-state index in [-0.39, 0.29) is 17.8 Å². The largest absolute Gasteiger partial charge is 0.465 e. The average Bonchev–Trinajstić information content (AvgIpc) is 3.24.